The normalized spacial score (nSPS) is 15.2. The van der Waals surface area contributed by atoms with E-state index in [4.69, 9.17) is 4.74 Å². The molecule has 0 bridgehead atoms. The Morgan fingerprint density at radius 2 is 2.12 bits per heavy atom. The quantitative estimate of drug-likeness (QED) is 0.878. The number of hydrogen-bond donors (Lipinski definition) is 1. The van der Waals surface area contributed by atoms with Crippen molar-refractivity contribution in [3.63, 3.8) is 0 Å². The van der Waals surface area contributed by atoms with Gasteiger partial charge in [-0.2, -0.15) is 5.10 Å². The molecule has 17 heavy (non-hydrogen) atoms. The van der Waals surface area contributed by atoms with E-state index in [1.807, 2.05) is 24.6 Å². The molecule has 1 aliphatic rings. The summed E-state index contributed by atoms with van der Waals surface area (Å²) in [6.07, 6.45) is 1.79. The Labute approximate surface area is 103 Å². The zero-order valence-corrected chi connectivity index (χ0v) is 11.1. The molecule has 4 nitrogen and oxygen atoms in total. The van der Waals surface area contributed by atoms with Gasteiger partial charge in [-0.3, -0.25) is 4.68 Å². The van der Waals surface area contributed by atoms with Crippen LogP contribution in [0.25, 0.3) is 5.57 Å². The number of ether oxygens (including phenoxy) is 1. The monoisotopic (exact) mass is 238 g/mol. The molecule has 0 aromatic carbocycles. The molecule has 0 amide bonds. The van der Waals surface area contributed by atoms with Crippen molar-refractivity contribution in [3.8, 4) is 0 Å². The molecule has 0 spiro atoms. The minimum atomic E-state index is 0.0681. The number of rotatable bonds is 3. The Kier molecular flexibility index (Phi) is 5.38. The second kappa shape index (κ2) is 6.57. The molecule has 0 saturated heterocycles. The molecule has 2 rings (SSSR count). The van der Waals surface area contributed by atoms with Crippen LogP contribution in [0.15, 0.2) is 17.8 Å². The molecule has 4 heteroatoms. The number of aliphatic hydroxyl groups is 1. The molecule has 0 atom stereocenters. The number of hydrogen-bond acceptors (Lipinski definition) is 3. The molecular formula is C13H22N2O2. The van der Waals surface area contributed by atoms with Gasteiger partial charge >= 0.3 is 0 Å². The molecule has 1 N–H and O–H groups in total. The first-order valence-corrected chi connectivity index (χ1v) is 6.17. The highest BCUT2D eigenvalue weighted by molar-refractivity contribution is 5.69. The van der Waals surface area contributed by atoms with Crippen LogP contribution in [0.3, 0.4) is 0 Å². The predicted octanol–water partition coefficient (Wildman–Crippen LogP) is 2.27. The van der Waals surface area contributed by atoms with Gasteiger partial charge in [-0.15, -0.1) is 0 Å². The summed E-state index contributed by atoms with van der Waals surface area (Å²) in [6.45, 7) is 9.36. The van der Waals surface area contributed by atoms with E-state index in [-0.39, 0.29) is 6.61 Å². The van der Waals surface area contributed by atoms with E-state index < -0.39 is 0 Å². The van der Waals surface area contributed by atoms with E-state index in [2.05, 4.69) is 18.9 Å². The van der Waals surface area contributed by atoms with Gasteiger partial charge in [0.15, 0.2) is 0 Å². The molecule has 2 heterocycles. The Morgan fingerprint density at radius 3 is 2.71 bits per heavy atom. The molecule has 0 unspecified atom stereocenters. The van der Waals surface area contributed by atoms with Crippen molar-refractivity contribution >= 4 is 5.57 Å². The maximum absolute atomic E-state index is 9.20. The average Bonchev–Trinajstić information content (AvgIpc) is 2.99. The summed E-state index contributed by atoms with van der Waals surface area (Å²) in [7, 11) is 0. The molecule has 96 valence electrons. The zero-order chi connectivity index (χ0) is 12.8. The van der Waals surface area contributed by atoms with Gasteiger partial charge in [0.2, 0.25) is 0 Å². The summed E-state index contributed by atoms with van der Waals surface area (Å²) in [4.78, 5) is 0. The zero-order valence-electron chi connectivity index (χ0n) is 11.1. The maximum Gasteiger partial charge on any atom is 0.0743 e. The smallest absolute Gasteiger partial charge is 0.0743 e. The van der Waals surface area contributed by atoms with Gasteiger partial charge in [-0.1, -0.05) is 13.8 Å². The molecular weight excluding hydrogens is 216 g/mol. The van der Waals surface area contributed by atoms with Crippen LogP contribution in [-0.4, -0.2) is 34.7 Å². The highest BCUT2D eigenvalue weighted by atomic mass is 16.5. The van der Waals surface area contributed by atoms with E-state index in [1.54, 1.807) is 6.20 Å². The number of aliphatic hydroxyl groups excluding tert-OH is 1. The van der Waals surface area contributed by atoms with Gasteiger partial charge in [-0.05, 0) is 25.5 Å². The highest BCUT2D eigenvalue weighted by Crippen LogP contribution is 2.25. The second-order valence-electron chi connectivity index (χ2n) is 3.99. The van der Waals surface area contributed by atoms with E-state index in [1.165, 1.54) is 0 Å². The van der Waals surface area contributed by atoms with Crippen molar-refractivity contribution in [3.05, 3.63) is 23.5 Å². The molecule has 0 aliphatic carbocycles. The second-order valence-corrected chi connectivity index (χ2v) is 3.99. The van der Waals surface area contributed by atoms with E-state index >= 15 is 0 Å². The predicted molar refractivity (Wildman–Crippen MR) is 68.8 cm³/mol. The summed E-state index contributed by atoms with van der Waals surface area (Å²) in [6, 6.07) is 2.29. The molecule has 0 radical (unpaired) electrons. The lowest BCUT2D eigenvalue weighted by Crippen LogP contribution is -2.08. The Bertz CT molecular complexity index is 381. The summed E-state index contributed by atoms with van der Waals surface area (Å²) in [5.74, 6) is 0. The van der Waals surface area contributed by atoms with E-state index in [0.29, 0.717) is 19.3 Å². The van der Waals surface area contributed by atoms with E-state index in [9.17, 15) is 5.11 Å². The van der Waals surface area contributed by atoms with Crippen LogP contribution in [0.1, 0.15) is 39.4 Å². The van der Waals surface area contributed by atoms with Gasteiger partial charge in [0, 0.05) is 17.8 Å². The lowest BCUT2D eigenvalue weighted by atomic mass is 10.1. The van der Waals surface area contributed by atoms with Crippen LogP contribution in [0.5, 0.6) is 0 Å². The fraction of sp³-hybridized carbons (Fsp3) is 0.615. The Balaban J connectivity index is 0.000000686. The average molecular weight is 238 g/mol. The fourth-order valence-electron chi connectivity index (χ4n) is 1.83. The number of aromatic nitrogens is 2. The largest absolute Gasteiger partial charge is 0.392 e. The van der Waals surface area contributed by atoms with Crippen molar-refractivity contribution in [2.45, 2.75) is 33.7 Å². The van der Waals surface area contributed by atoms with Gasteiger partial charge in [0.25, 0.3) is 0 Å². The Morgan fingerprint density at radius 1 is 1.41 bits per heavy atom. The van der Waals surface area contributed by atoms with E-state index in [0.717, 1.165) is 16.8 Å². The first-order chi connectivity index (χ1) is 8.24. The summed E-state index contributed by atoms with van der Waals surface area (Å²) >= 11 is 0. The van der Waals surface area contributed by atoms with Crippen LogP contribution in [0.4, 0.5) is 0 Å². The molecule has 0 fully saturated rings. The summed E-state index contributed by atoms with van der Waals surface area (Å²) < 4.78 is 7.30. The minimum absolute atomic E-state index is 0.0681. The van der Waals surface area contributed by atoms with Crippen LogP contribution < -0.4 is 0 Å². The molecule has 1 aromatic heterocycles. The maximum atomic E-state index is 9.20. The van der Waals surface area contributed by atoms with Crippen LogP contribution in [-0.2, 0) is 4.74 Å². The topological polar surface area (TPSA) is 47.3 Å². The van der Waals surface area contributed by atoms with Gasteiger partial charge in [0.1, 0.15) is 0 Å². The summed E-state index contributed by atoms with van der Waals surface area (Å²) in [5.41, 5.74) is 3.12. The molecule has 1 aromatic rings. The van der Waals surface area contributed by atoms with Gasteiger partial charge < -0.3 is 9.84 Å². The van der Waals surface area contributed by atoms with Crippen LogP contribution in [0.2, 0.25) is 0 Å². The lowest BCUT2D eigenvalue weighted by Gasteiger charge is -2.12. The van der Waals surface area contributed by atoms with Crippen LogP contribution in [0, 0.1) is 0 Å². The highest BCUT2D eigenvalue weighted by Gasteiger charge is 2.19. The lowest BCUT2D eigenvalue weighted by molar-refractivity contribution is 0.201. The molecule has 1 aliphatic heterocycles. The third-order valence-corrected chi connectivity index (χ3v) is 2.61. The summed E-state index contributed by atoms with van der Waals surface area (Å²) in [5, 5.41) is 13.5. The molecule has 0 saturated carbocycles. The van der Waals surface area contributed by atoms with Crippen molar-refractivity contribution < 1.29 is 9.84 Å². The fourth-order valence-corrected chi connectivity index (χ4v) is 1.83. The van der Waals surface area contributed by atoms with Crippen molar-refractivity contribution in [2.24, 2.45) is 0 Å². The minimum Gasteiger partial charge on any atom is -0.392 e. The third kappa shape index (κ3) is 2.96. The number of nitrogens with zero attached hydrogens (tertiary/aromatic N) is 2. The Hall–Kier alpha value is -1.13. The van der Waals surface area contributed by atoms with Crippen molar-refractivity contribution in [2.75, 3.05) is 19.8 Å². The van der Waals surface area contributed by atoms with Crippen molar-refractivity contribution in [1.82, 2.24) is 9.78 Å². The van der Waals surface area contributed by atoms with Gasteiger partial charge in [-0.25, -0.2) is 0 Å². The first-order valence-electron chi connectivity index (χ1n) is 6.17. The third-order valence-electron chi connectivity index (χ3n) is 2.61. The SMILES string of the molecule is CC.CC(C)n1nccc1C1=C(CO)COC1. The van der Waals surface area contributed by atoms with Crippen LogP contribution >= 0.6 is 0 Å². The van der Waals surface area contributed by atoms with Gasteiger partial charge in [0.05, 0.1) is 25.5 Å². The first kappa shape index (κ1) is 13.9. The van der Waals surface area contributed by atoms with Crippen molar-refractivity contribution in [1.29, 1.82) is 0 Å². The standard InChI is InChI=1S/C11H16N2O2.C2H6/c1-8(2)13-11(3-4-12-13)10-7-15-6-9(10)5-14;1-2/h3-4,8,14H,5-7H2,1-2H3;1-2H3.